The van der Waals surface area contributed by atoms with E-state index in [0.29, 0.717) is 11.5 Å². The predicted octanol–water partition coefficient (Wildman–Crippen LogP) is 4.83. The normalized spacial score (nSPS) is 10.6. The van der Waals surface area contributed by atoms with Gasteiger partial charge in [0.05, 0.1) is 0 Å². The second-order valence-electron chi connectivity index (χ2n) is 4.88. The average Bonchev–Trinajstić information content (AvgIpc) is 2.45. The van der Waals surface area contributed by atoms with Crippen LogP contribution in [0.4, 0.5) is 0 Å². The molecule has 0 amide bonds. The molecule has 0 saturated carbocycles. The molecule has 0 aliphatic rings. The Kier molecular flexibility index (Phi) is 4.96. The van der Waals surface area contributed by atoms with E-state index in [4.69, 9.17) is 4.74 Å². The number of carbonyl (C=O) groups is 1. The highest BCUT2D eigenvalue weighted by atomic mass is 79.9. The van der Waals surface area contributed by atoms with Crippen LogP contribution >= 0.6 is 15.9 Å². The molecule has 104 valence electrons. The van der Waals surface area contributed by atoms with E-state index >= 15 is 0 Å². The van der Waals surface area contributed by atoms with Gasteiger partial charge in [-0.3, -0.25) is 4.79 Å². The van der Waals surface area contributed by atoms with Crippen molar-refractivity contribution in [2.24, 2.45) is 0 Å². The van der Waals surface area contributed by atoms with Gasteiger partial charge in [-0.05, 0) is 23.6 Å². The molecule has 2 aromatic rings. The monoisotopic (exact) mass is 332 g/mol. The lowest BCUT2D eigenvalue weighted by molar-refractivity contribution is 0.0920. The van der Waals surface area contributed by atoms with E-state index in [1.165, 1.54) is 0 Å². The van der Waals surface area contributed by atoms with Crippen molar-refractivity contribution in [3.05, 3.63) is 64.1 Å². The molecular formula is C17H17BrO2. The first-order valence-electron chi connectivity index (χ1n) is 6.59. The molecular weight excluding hydrogens is 316 g/mol. The summed E-state index contributed by atoms with van der Waals surface area (Å²) in [4.78, 5) is 12.2. The zero-order valence-corrected chi connectivity index (χ0v) is 13.2. The van der Waals surface area contributed by atoms with Crippen LogP contribution in [0.15, 0.2) is 53.0 Å². The Bertz CT molecular complexity index is 605. The van der Waals surface area contributed by atoms with Crippen molar-refractivity contribution in [1.29, 1.82) is 0 Å². The molecule has 0 aromatic heterocycles. The molecule has 3 heteroatoms. The number of ketones is 1. The highest BCUT2D eigenvalue weighted by Gasteiger charge is 2.12. The number of para-hydroxylation sites is 1. The number of Topliss-reactive ketones (excluding diaryl/α,β-unsaturated/α-hetero) is 1. The maximum absolute atomic E-state index is 12.2. The van der Waals surface area contributed by atoms with Gasteiger partial charge in [-0.15, -0.1) is 0 Å². The third-order valence-corrected chi connectivity index (χ3v) is 3.77. The zero-order valence-electron chi connectivity index (χ0n) is 11.6. The summed E-state index contributed by atoms with van der Waals surface area (Å²) in [5.41, 5.74) is 1.77. The summed E-state index contributed by atoms with van der Waals surface area (Å²) in [6.45, 7) is 4.27. The molecule has 0 aliphatic heterocycles. The maximum atomic E-state index is 12.2. The Balaban J connectivity index is 2.10. The first kappa shape index (κ1) is 14.8. The maximum Gasteiger partial charge on any atom is 0.201 e. The molecule has 0 aliphatic carbocycles. The fraction of sp³-hybridized carbons (Fsp3) is 0.235. The van der Waals surface area contributed by atoms with Crippen molar-refractivity contribution in [2.75, 3.05) is 6.61 Å². The standard InChI is InChI=1S/C17H17BrO2/c1-12(2)13-7-4-6-10-17(13)20-11-16(19)14-8-3-5-9-15(14)18/h3-10,12H,11H2,1-2H3. The van der Waals surface area contributed by atoms with Crippen molar-refractivity contribution in [2.45, 2.75) is 19.8 Å². The van der Waals surface area contributed by atoms with Crippen molar-refractivity contribution in [3.63, 3.8) is 0 Å². The van der Waals surface area contributed by atoms with E-state index in [1.54, 1.807) is 6.07 Å². The second-order valence-corrected chi connectivity index (χ2v) is 5.74. The van der Waals surface area contributed by atoms with Crippen LogP contribution in [0.25, 0.3) is 0 Å². The summed E-state index contributed by atoms with van der Waals surface area (Å²) in [7, 11) is 0. The largest absolute Gasteiger partial charge is 0.485 e. The highest BCUT2D eigenvalue weighted by molar-refractivity contribution is 9.10. The van der Waals surface area contributed by atoms with Gasteiger partial charge >= 0.3 is 0 Å². The number of carbonyl (C=O) groups excluding carboxylic acids is 1. The quantitative estimate of drug-likeness (QED) is 0.732. The van der Waals surface area contributed by atoms with Gasteiger partial charge in [0.25, 0.3) is 0 Å². The van der Waals surface area contributed by atoms with Crippen molar-refractivity contribution < 1.29 is 9.53 Å². The summed E-state index contributed by atoms with van der Waals surface area (Å²) >= 11 is 3.38. The average molecular weight is 333 g/mol. The van der Waals surface area contributed by atoms with Gasteiger partial charge < -0.3 is 4.74 Å². The van der Waals surface area contributed by atoms with Gasteiger partial charge in [0, 0.05) is 10.0 Å². The molecule has 0 N–H and O–H groups in total. The number of hydrogen-bond donors (Lipinski definition) is 0. The minimum Gasteiger partial charge on any atom is -0.485 e. The number of hydrogen-bond acceptors (Lipinski definition) is 2. The molecule has 2 rings (SSSR count). The molecule has 0 atom stereocenters. The fourth-order valence-corrected chi connectivity index (χ4v) is 2.50. The molecule has 20 heavy (non-hydrogen) atoms. The summed E-state index contributed by atoms with van der Waals surface area (Å²) in [6, 6.07) is 15.2. The molecule has 0 saturated heterocycles. The molecule has 0 fully saturated rings. The number of ether oxygens (including phenoxy) is 1. The Morgan fingerprint density at radius 1 is 1.10 bits per heavy atom. The van der Waals surface area contributed by atoms with Crippen molar-refractivity contribution >= 4 is 21.7 Å². The lowest BCUT2D eigenvalue weighted by Gasteiger charge is -2.13. The van der Waals surface area contributed by atoms with E-state index in [1.807, 2.05) is 42.5 Å². The van der Waals surface area contributed by atoms with Crippen LogP contribution in [0.5, 0.6) is 5.75 Å². The number of benzene rings is 2. The molecule has 0 heterocycles. The first-order valence-corrected chi connectivity index (χ1v) is 7.38. The third kappa shape index (κ3) is 3.48. The van der Waals surface area contributed by atoms with Crippen LogP contribution in [0.2, 0.25) is 0 Å². The van der Waals surface area contributed by atoms with Crippen LogP contribution in [-0.4, -0.2) is 12.4 Å². The zero-order chi connectivity index (χ0) is 14.5. The van der Waals surface area contributed by atoms with Crippen LogP contribution in [0, 0.1) is 0 Å². The predicted molar refractivity (Wildman–Crippen MR) is 84.5 cm³/mol. The van der Waals surface area contributed by atoms with Crippen LogP contribution < -0.4 is 4.74 Å². The summed E-state index contributed by atoms with van der Waals surface area (Å²) in [5, 5.41) is 0. The third-order valence-electron chi connectivity index (χ3n) is 3.07. The van der Waals surface area contributed by atoms with E-state index in [-0.39, 0.29) is 12.4 Å². The van der Waals surface area contributed by atoms with E-state index in [0.717, 1.165) is 15.8 Å². The minimum atomic E-state index is -0.0314. The molecule has 0 unspecified atom stereocenters. The van der Waals surface area contributed by atoms with E-state index in [2.05, 4.69) is 29.8 Å². The highest BCUT2D eigenvalue weighted by Crippen LogP contribution is 2.26. The fourth-order valence-electron chi connectivity index (χ4n) is 2.00. The molecule has 2 aromatic carbocycles. The van der Waals surface area contributed by atoms with Gasteiger partial charge in [-0.1, -0.05) is 66.2 Å². The minimum absolute atomic E-state index is 0.0314. The van der Waals surface area contributed by atoms with Gasteiger partial charge in [-0.2, -0.15) is 0 Å². The van der Waals surface area contributed by atoms with Crippen LogP contribution in [0.1, 0.15) is 35.7 Å². The van der Waals surface area contributed by atoms with E-state index in [9.17, 15) is 4.79 Å². The van der Waals surface area contributed by atoms with Gasteiger partial charge in [0.2, 0.25) is 5.78 Å². The summed E-state index contributed by atoms with van der Waals surface area (Å²) in [6.07, 6.45) is 0. The number of rotatable bonds is 5. The molecule has 0 spiro atoms. The van der Waals surface area contributed by atoms with Crippen LogP contribution in [-0.2, 0) is 0 Å². The van der Waals surface area contributed by atoms with Crippen molar-refractivity contribution in [1.82, 2.24) is 0 Å². The summed E-state index contributed by atoms with van der Waals surface area (Å²) < 4.78 is 6.50. The van der Waals surface area contributed by atoms with Gasteiger partial charge in [-0.25, -0.2) is 0 Å². The van der Waals surface area contributed by atoms with Crippen LogP contribution in [0.3, 0.4) is 0 Å². The number of halogens is 1. The molecule has 0 bridgehead atoms. The smallest absolute Gasteiger partial charge is 0.201 e. The van der Waals surface area contributed by atoms with Gasteiger partial charge in [0.1, 0.15) is 5.75 Å². The summed E-state index contributed by atoms with van der Waals surface area (Å²) in [5.74, 6) is 1.11. The Morgan fingerprint density at radius 3 is 2.45 bits per heavy atom. The first-order chi connectivity index (χ1) is 9.59. The van der Waals surface area contributed by atoms with E-state index < -0.39 is 0 Å². The SMILES string of the molecule is CC(C)c1ccccc1OCC(=O)c1ccccc1Br. The molecule has 0 radical (unpaired) electrons. The Morgan fingerprint density at radius 2 is 1.75 bits per heavy atom. The topological polar surface area (TPSA) is 26.3 Å². The molecule has 2 nitrogen and oxygen atoms in total. The van der Waals surface area contributed by atoms with Gasteiger partial charge in [0.15, 0.2) is 6.61 Å². The second kappa shape index (κ2) is 6.71. The lowest BCUT2D eigenvalue weighted by Crippen LogP contribution is -2.13. The lowest BCUT2D eigenvalue weighted by atomic mass is 10.0. The Hall–Kier alpha value is -1.61. The van der Waals surface area contributed by atoms with Crippen molar-refractivity contribution in [3.8, 4) is 5.75 Å². The Labute approximate surface area is 127 Å².